The van der Waals surface area contributed by atoms with Gasteiger partial charge in [-0.1, -0.05) is 27.7 Å². The molecule has 1 rings (SSSR count). The quantitative estimate of drug-likeness (QED) is 0.728. The molecule has 2 nitrogen and oxygen atoms in total. The van der Waals surface area contributed by atoms with Crippen molar-refractivity contribution in [1.82, 2.24) is 5.32 Å². The lowest BCUT2D eigenvalue weighted by atomic mass is 9.67. The van der Waals surface area contributed by atoms with Crippen LogP contribution in [0.15, 0.2) is 0 Å². The van der Waals surface area contributed by atoms with Gasteiger partial charge in [0.2, 0.25) is 0 Å². The average molecular weight is 255 g/mol. The van der Waals surface area contributed by atoms with E-state index in [0.29, 0.717) is 11.5 Å². The lowest BCUT2D eigenvalue weighted by Crippen LogP contribution is -2.43. The summed E-state index contributed by atoms with van der Waals surface area (Å²) >= 11 is 0. The van der Waals surface area contributed by atoms with Crippen molar-refractivity contribution in [3.63, 3.8) is 0 Å². The normalized spacial score (nSPS) is 29.5. The first-order valence-corrected chi connectivity index (χ1v) is 7.80. The van der Waals surface area contributed by atoms with Crippen molar-refractivity contribution < 1.29 is 4.74 Å². The van der Waals surface area contributed by atoms with Gasteiger partial charge in [0.25, 0.3) is 0 Å². The molecular weight excluding hydrogens is 222 g/mol. The molecule has 0 saturated heterocycles. The molecule has 0 radical (unpaired) electrons. The number of nitrogens with one attached hydrogen (secondary N) is 1. The summed E-state index contributed by atoms with van der Waals surface area (Å²) in [6, 6.07) is 0.717. The third-order valence-corrected chi connectivity index (χ3v) is 4.51. The number of hydrogen-bond acceptors (Lipinski definition) is 2. The fraction of sp³-hybridized carbons (Fsp3) is 1.00. The first kappa shape index (κ1) is 16.0. The van der Waals surface area contributed by atoms with Crippen LogP contribution in [-0.4, -0.2) is 25.8 Å². The maximum atomic E-state index is 5.56. The Kier molecular flexibility index (Phi) is 6.65. The second kappa shape index (κ2) is 7.49. The zero-order valence-electron chi connectivity index (χ0n) is 13.1. The lowest BCUT2D eigenvalue weighted by molar-refractivity contribution is 0.0765. The smallest absolute Gasteiger partial charge is 0.0469 e. The second-order valence-corrected chi connectivity index (χ2v) is 6.79. The van der Waals surface area contributed by atoms with Gasteiger partial charge in [0.05, 0.1) is 0 Å². The van der Waals surface area contributed by atoms with Gasteiger partial charge < -0.3 is 10.1 Å². The molecule has 0 aliphatic heterocycles. The summed E-state index contributed by atoms with van der Waals surface area (Å²) in [4.78, 5) is 0. The Balaban J connectivity index is 2.52. The van der Waals surface area contributed by atoms with E-state index in [0.717, 1.165) is 31.6 Å². The predicted octanol–water partition coefficient (Wildman–Crippen LogP) is 3.85. The van der Waals surface area contributed by atoms with E-state index >= 15 is 0 Å². The molecule has 1 saturated carbocycles. The van der Waals surface area contributed by atoms with Crippen LogP contribution < -0.4 is 5.32 Å². The molecule has 0 aromatic rings. The molecular formula is C16H33NO. The monoisotopic (exact) mass is 255 g/mol. The molecule has 18 heavy (non-hydrogen) atoms. The van der Waals surface area contributed by atoms with Gasteiger partial charge in [-0.25, -0.2) is 0 Å². The fourth-order valence-corrected chi connectivity index (χ4v) is 3.28. The maximum Gasteiger partial charge on any atom is 0.0469 e. The molecule has 3 atom stereocenters. The Morgan fingerprint density at radius 3 is 2.44 bits per heavy atom. The van der Waals surface area contributed by atoms with Crippen LogP contribution in [0.2, 0.25) is 0 Å². The van der Waals surface area contributed by atoms with Gasteiger partial charge in [0.1, 0.15) is 0 Å². The van der Waals surface area contributed by atoms with Crippen molar-refractivity contribution in [2.24, 2.45) is 17.3 Å². The van der Waals surface area contributed by atoms with Crippen LogP contribution in [0.3, 0.4) is 0 Å². The molecule has 0 spiro atoms. The predicted molar refractivity (Wildman–Crippen MR) is 78.9 cm³/mol. The fourth-order valence-electron chi connectivity index (χ4n) is 3.28. The number of rotatable bonds is 6. The van der Waals surface area contributed by atoms with Crippen LogP contribution in [0.4, 0.5) is 0 Å². The van der Waals surface area contributed by atoms with E-state index in [9.17, 15) is 0 Å². The van der Waals surface area contributed by atoms with E-state index < -0.39 is 0 Å². The minimum Gasteiger partial charge on any atom is -0.382 e. The van der Waals surface area contributed by atoms with Gasteiger partial charge in [-0.15, -0.1) is 0 Å². The third kappa shape index (κ3) is 4.89. The Morgan fingerprint density at radius 1 is 1.17 bits per heavy atom. The molecule has 0 amide bonds. The molecule has 0 aromatic carbocycles. The molecule has 1 fully saturated rings. The summed E-state index contributed by atoms with van der Waals surface area (Å²) in [6.45, 7) is 14.4. The molecule has 1 aliphatic rings. The minimum absolute atomic E-state index is 0.459. The van der Waals surface area contributed by atoms with Crippen LogP contribution in [0.25, 0.3) is 0 Å². The van der Waals surface area contributed by atoms with Crippen molar-refractivity contribution >= 4 is 0 Å². The molecule has 1 N–H and O–H groups in total. The van der Waals surface area contributed by atoms with Gasteiger partial charge in [0.15, 0.2) is 0 Å². The molecule has 2 heteroatoms. The highest BCUT2D eigenvalue weighted by molar-refractivity contribution is 4.88. The molecule has 0 aromatic heterocycles. The molecule has 3 unspecified atom stereocenters. The summed E-state index contributed by atoms with van der Waals surface area (Å²) in [6.07, 6.45) is 5.31. The zero-order chi connectivity index (χ0) is 13.6. The first-order valence-electron chi connectivity index (χ1n) is 7.80. The zero-order valence-corrected chi connectivity index (χ0v) is 13.1. The Morgan fingerprint density at radius 2 is 1.89 bits per heavy atom. The third-order valence-electron chi connectivity index (χ3n) is 4.51. The number of ether oxygens (including phenoxy) is 1. The van der Waals surface area contributed by atoms with Crippen LogP contribution in [0.5, 0.6) is 0 Å². The van der Waals surface area contributed by atoms with Crippen molar-refractivity contribution in [2.45, 2.75) is 66.3 Å². The summed E-state index contributed by atoms with van der Waals surface area (Å²) in [5.74, 6) is 1.67. The Bertz CT molecular complexity index is 222. The van der Waals surface area contributed by atoms with Crippen LogP contribution >= 0.6 is 0 Å². The summed E-state index contributed by atoms with van der Waals surface area (Å²) in [5, 5.41) is 3.68. The highest BCUT2D eigenvalue weighted by Gasteiger charge is 2.35. The van der Waals surface area contributed by atoms with Crippen LogP contribution in [0, 0.1) is 17.3 Å². The molecule has 0 bridgehead atoms. The Labute approximate surface area is 114 Å². The molecule has 0 heterocycles. The highest BCUT2D eigenvalue weighted by atomic mass is 16.5. The van der Waals surface area contributed by atoms with E-state index in [1.807, 2.05) is 0 Å². The summed E-state index contributed by atoms with van der Waals surface area (Å²) < 4.78 is 5.56. The van der Waals surface area contributed by atoms with E-state index in [2.05, 4.69) is 39.9 Å². The first-order chi connectivity index (χ1) is 8.49. The largest absolute Gasteiger partial charge is 0.382 e. The van der Waals surface area contributed by atoms with Crippen LogP contribution in [-0.2, 0) is 4.74 Å². The minimum atomic E-state index is 0.459. The van der Waals surface area contributed by atoms with Gasteiger partial charge >= 0.3 is 0 Å². The van der Waals surface area contributed by atoms with E-state index in [1.54, 1.807) is 0 Å². The van der Waals surface area contributed by atoms with Gasteiger partial charge in [0, 0.05) is 19.3 Å². The second-order valence-electron chi connectivity index (χ2n) is 6.79. The SMILES string of the molecule is CCNC1CCC(C(C)(C)C)CC1CCOCC. The topological polar surface area (TPSA) is 21.3 Å². The van der Waals surface area contributed by atoms with Gasteiger partial charge in [-0.2, -0.15) is 0 Å². The molecule has 1 aliphatic carbocycles. The Hall–Kier alpha value is -0.0800. The van der Waals surface area contributed by atoms with Crippen molar-refractivity contribution in [2.75, 3.05) is 19.8 Å². The highest BCUT2D eigenvalue weighted by Crippen LogP contribution is 2.41. The van der Waals surface area contributed by atoms with Gasteiger partial charge in [-0.3, -0.25) is 0 Å². The summed E-state index contributed by atoms with van der Waals surface area (Å²) in [7, 11) is 0. The van der Waals surface area contributed by atoms with Crippen LogP contribution in [0.1, 0.15) is 60.3 Å². The van der Waals surface area contributed by atoms with E-state index in [1.165, 1.54) is 25.7 Å². The average Bonchev–Trinajstić information content (AvgIpc) is 2.30. The van der Waals surface area contributed by atoms with Crippen molar-refractivity contribution in [1.29, 1.82) is 0 Å². The molecule has 108 valence electrons. The maximum absolute atomic E-state index is 5.56. The van der Waals surface area contributed by atoms with Crippen molar-refractivity contribution in [3.8, 4) is 0 Å². The van der Waals surface area contributed by atoms with E-state index in [4.69, 9.17) is 4.74 Å². The van der Waals surface area contributed by atoms with Gasteiger partial charge in [-0.05, 0) is 56.4 Å². The lowest BCUT2D eigenvalue weighted by Gasteiger charge is -2.42. The van der Waals surface area contributed by atoms with E-state index in [-0.39, 0.29) is 0 Å². The van der Waals surface area contributed by atoms with Crippen molar-refractivity contribution in [3.05, 3.63) is 0 Å². The summed E-state index contributed by atoms with van der Waals surface area (Å²) in [5.41, 5.74) is 0.459. The number of hydrogen-bond donors (Lipinski definition) is 1. The standard InChI is InChI=1S/C16H33NO/c1-6-17-15-9-8-14(16(3,4)5)12-13(15)10-11-18-7-2/h13-15,17H,6-12H2,1-5H3.